The standard InChI is InChI=1S/C8H12OS/c1-7(5-9)4-8-2-3-10-6-8/h2-3,6-7,9H,4-5H2,1H3/t7-/m1/s1. The summed E-state index contributed by atoms with van der Waals surface area (Å²) in [5.74, 6) is 0.398. The van der Waals surface area contributed by atoms with Crippen molar-refractivity contribution in [2.24, 2.45) is 5.92 Å². The summed E-state index contributed by atoms with van der Waals surface area (Å²) in [5.41, 5.74) is 1.34. The topological polar surface area (TPSA) is 20.2 Å². The van der Waals surface area contributed by atoms with Gasteiger partial charge in [-0.25, -0.2) is 0 Å². The Hall–Kier alpha value is -0.340. The second kappa shape index (κ2) is 3.74. The monoisotopic (exact) mass is 156 g/mol. The highest BCUT2D eigenvalue weighted by atomic mass is 32.1. The van der Waals surface area contributed by atoms with E-state index in [1.54, 1.807) is 11.3 Å². The smallest absolute Gasteiger partial charge is 0.0459 e. The highest BCUT2D eigenvalue weighted by molar-refractivity contribution is 7.07. The van der Waals surface area contributed by atoms with E-state index in [1.807, 2.05) is 0 Å². The van der Waals surface area contributed by atoms with Gasteiger partial charge in [0, 0.05) is 6.61 Å². The SMILES string of the molecule is C[C@@H](CO)Cc1ccsc1. The third kappa shape index (κ3) is 2.12. The molecule has 0 aromatic carbocycles. The van der Waals surface area contributed by atoms with Gasteiger partial charge in [0.25, 0.3) is 0 Å². The van der Waals surface area contributed by atoms with E-state index in [9.17, 15) is 0 Å². The van der Waals surface area contributed by atoms with Crippen LogP contribution in [0.15, 0.2) is 16.8 Å². The van der Waals surface area contributed by atoms with Crippen LogP contribution in [0.2, 0.25) is 0 Å². The molecule has 1 N–H and O–H groups in total. The summed E-state index contributed by atoms with van der Waals surface area (Å²) in [4.78, 5) is 0. The minimum absolute atomic E-state index is 0.288. The molecule has 2 heteroatoms. The Balaban J connectivity index is 2.40. The van der Waals surface area contributed by atoms with E-state index in [-0.39, 0.29) is 6.61 Å². The Morgan fingerprint density at radius 2 is 2.50 bits per heavy atom. The van der Waals surface area contributed by atoms with Gasteiger partial charge in [-0.3, -0.25) is 0 Å². The van der Waals surface area contributed by atoms with Crippen molar-refractivity contribution in [1.82, 2.24) is 0 Å². The predicted molar refractivity (Wildman–Crippen MR) is 44.3 cm³/mol. The molecular formula is C8H12OS. The van der Waals surface area contributed by atoms with Crippen LogP contribution < -0.4 is 0 Å². The minimum atomic E-state index is 0.288. The Morgan fingerprint density at radius 3 is 3.00 bits per heavy atom. The number of rotatable bonds is 3. The molecule has 0 unspecified atom stereocenters. The van der Waals surface area contributed by atoms with Crippen molar-refractivity contribution >= 4 is 11.3 Å². The molecule has 1 heterocycles. The lowest BCUT2D eigenvalue weighted by molar-refractivity contribution is 0.237. The zero-order valence-corrected chi connectivity index (χ0v) is 6.90. The van der Waals surface area contributed by atoms with Crippen LogP contribution in [0.3, 0.4) is 0 Å². The van der Waals surface area contributed by atoms with Gasteiger partial charge in [-0.05, 0) is 34.7 Å². The number of thiophene rings is 1. The van der Waals surface area contributed by atoms with Crippen molar-refractivity contribution in [2.75, 3.05) is 6.61 Å². The van der Waals surface area contributed by atoms with Gasteiger partial charge in [0.15, 0.2) is 0 Å². The van der Waals surface area contributed by atoms with Crippen molar-refractivity contribution in [3.05, 3.63) is 22.4 Å². The van der Waals surface area contributed by atoms with Crippen molar-refractivity contribution in [2.45, 2.75) is 13.3 Å². The van der Waals surface area contributed by atoms with Crippen LogP contribution in [0.5, 0.6) is 0 Å². The third-order valence-electron chi connectivity index (χ3n) is 1.48. The van der Waals surface area contributed by atoms with Gasteiger partial charge < -0.3 is 5.11 Å². The summed E-state index contributed by atoms with van der Waals surface area (Å²) in [5, 5.41) is 12.9. The summed E-state index contributed by atoms with van der Waals surface area (Å²) >= 11 is 1.71. The zero-order chi connectivity index (χ0) is 7.40. The molecule has 0 aliphatic rings. The molecule has 10 heavy (non-hydrogen) atoms. The molecule has 0 saturated carbocycles. The molecule has 1 atom stereocenters. The maximum absolute atomic E-state index is 8.74. The van der Waals surface area contributed by atoms with E-state index in [0.29, 0.717) is 5.92 Å². The van der Waals surface area contributed by atoms with E-state index in [0.717, 1.165) is 6.42 Å². The fraction of sp³-hybridized carbons (Fsp3) is 0.500. The summed E-state index contributed by atoms with van der Waals surface area (Å²) in [6.45, 7) is 2.34. The lowest BCUT2D eigenvalue weighted by Crippen LogP contribution is -2.03. The van der Waals surface area contributed by atoms with E-state index in [2.05, 4.69) is 23.8 Å². The second-order valence-electron chi connectivity index (χ2n) is 2.62. The molecule has 0 bridgehead atoms. The van der Waals surface area contributed by atoms with E-state index in [4.69, 9.17) is 5.11 Å². The van der Waals surface area contributed by atoms with E-state index in [1.165, 1.54) is 5.56 Å². The minimum Gasteiger partial charge on any atom is -0.396 e. The average Bonchev–Trinajstić information content (AvgIpc) is 2.40. The normalized spacial score (nSPS) is 13.4. The van der Waals surface area contributed by atoms with Crippen LogP contribution in [0.1, 0.15) is 12.5 Å². The molecule has 0 spiro atoms. The molecule has 0 aliphatic carbocycles. The average molecular weight is 156 g/mol. The number of aliphatic hydroxyl groups excluding tert-OH is 1. The maximum atomic E-state index is 8.74. The highest BCUT2D eigenvalue weighted by Crippen LogP contribution is 2.11. The number of hydrogen-bond donors (Lipinski definition) is 1. The van der Waals surface area contributed by atoms with Gasteiger partial charge in [-0.15, -0.1) is 0 Å². The summed E-state index contributed by atoms with van der Waals surface area (Å²) < 4.78 is 0. The van der Waals surface area contributed by atoms with Crippen LogP contribution in [0.25, 0.3) is 0 Å². The van der Waals surface area contributed by atoms with Crippen molar-refractivity contribution in [3.8, 4) is 0 Å². The molecule has 1 nitrogen and oxygen atoms in total. The second-order valence-corrected chi connectivity index (χ2v) is 3.40. The van der Waals surface area contributed by atoms with Crippen LogP contribution in [0.4, 0.5) is 0 Å². The van der Waals surface area contributed by atoms with E-state index >= 15 is 0 Å². The number of hydrogen-bond acceptors (Lipinski definition) is 2. The van der Waals surface area contributed by atoms with Crippen molar-refractivity contribution in [3.63, 3.8) is 0 Å². The predicted octanol–water partition coefficient (Wildman–Crippen LogP) is 1.92. The maximum Gasteiger partial charge on any atom is 0.0459 e. The first-order valence-electron chi connectivity index (χ1n) is 3.45. The van der Waals surface area contributed by atoms with Gasteiger partial charge >= 0.3 is 0 Å². The Labute approximate surface area is 65.3 Å². The molecule has 1 aromatic rings. The van der Waals surface area contributed by atoms with Gasteiger partial charge in [0.05, 0.1) is 0 Å². The van der Waals surface area contributed by atoms with Crippen LogP contribution in [-0.4, -0.2) is 11.7 Å². The molecule has 56 valence electrons. The molecule has 0 fully saturated rings. The largest absolute Gasteiger partial charge is 0.396 e. The van der Waals surface area contributed by atoms with Crippen LogP contribution >= 0.6 is 11.3 Å². The first-order valence-corrected chi connectivity index (χ1v) is 4.39. The first kappa shape index (κ1) is 7.76. The Morgan fingerprint density at radius 1 is 1.70 bits per heavy atom. The quantitative estimate of drug-likeness (QED) is 0.709. The fourth-order valence-electron chi connectivity index (χ4n) is 0.876. The zero-order valence-electron chi connectivity index (χ0n) is 6.08. The molecule has 1 rings (SSSR count). The Kier molecular flexibility index (Phi) is 2.90. The summed E-state index contributed by atoms with van der Waals surface area (Å²) in [6.07, 6.45) is 1.00. The van der Waals surface area contributed by atoms with Crippen LogP contribution in [-0.2, 0) is 6.42 Å². The van der Waals surface area contributed by atoms with Gasteiger partial charge in [0.2, 0.25) is 0 Å². The molecule has 1 aromatic heterocycles. The van der Waals surface area contributed by atoms with Gasteiger partial charge in [0.1, 0.15) is 0 Å². The van der Waals surface area contributed by atoms with Gasteiger partial charge in [-0.1, -0.05) is 6.92 Å². The lowest BCUT2D eigenvalue weighted by Gasteiger charge is -2.03. The molecule has 0 aliphatic heterocycles. The summed E-state index contributed by atoms with van der Waals surface area (Å²) in [7, 11) is 0. The van der Waals surface area contributed by atoms with Crippen LogP contribution in [0, 0.1) is 5.92 Å². The molecular weight excluding hydrogens is 144 g/mol. The van der Waals surface area contributed by atoms with Crippen molar-refractivity contribution in [1.29, 1.82) is 0 Å². The van der Waals surface area contributed by atoms with Gasteiger partial charge in [-0.2, -0.15) is 11.3 Å². The number of aliphatic hydroxyl groups is 1. The fourth-order valence-corrected chi connectivity index (χ4v) is 1.56. The lowest BCUT2D eigenvalue weighted by atomic mass is 10.1. The molecule has 0 amide bonds. The third-order valence-corrected chi connectivity index (χ3v) is 2.21. The first-order chi connectivity index (χ1) is 4.83. The van der Waals surface area contributed by atoms with E-state index < -0.39 is 0 Å². The highest BCUT2D eigenvalue weighted by Gasteiger charge is 2.00. The molecule has 0 radical (unpaired) electrons. The molecule has 0 saturated heterocycles. The summed E-state index contributed by atoms with van der Waals surface area (Å²) in [6, 6.07) is 2.11. The Bertz CT molecular complexity index is 169. The van der Waals surface area contributed by atoms with Crippen molar-refractivity contribution < 1.29 is 5.11 Å².